The number of pyridine rings is 1. The number of aromatic carboxylic acids is 1. The standard InChI is InChI=1S/C18H20N2O4/c1-11-15(18(22)23)9-10-16(19-11)17(21)20(3)12(2)13-5-7-14(24-4)8-6-13/h5-10,12H,1-4H3,(H,22,23). The van der Waals surface area contributed by atoms with Crippen LogP contribution < -0.4 is 4.74 Å². The molecule has 1 amide bonds. The molecule has 6 heteroatoms. The van der Waals surface area contributed by atoms with E-state index in [9.17, 15) is 9.59 Å². The van der Waals surface area contributed by atoms with Crippen LogP contribution in [0.2, 0.25) is 0 Å². The number of hydrogen-bond acceptors (Lipinski definition) is 4. The molecule has 126 valence electrons. The Hall–Kier alpha value is -2.89. The molecule has 1 unspecified atom stereocenters. The molecular formula is C18H20N2O4. The molecule has 1 aromatic heterocycles. The number of carboxylic acid groups (broad SMARTS) is 1. The summed E-state index contributed by atoms with van der Waals surface area (Å²) in [5.41, 5.74) is 1.60. The van der Waals surface area contributed by atoms with Gasteiger partial charge in [-0.05, 0) is 43.7 Å². The number of carbonyl (C=O) groups is 2. The summed E-state index contributed by atoms with van der Waals surface area (Å²) >= 11 is 0. The molecule has 1 aromatic carbocycles. The minimum Gasteiger partial charge on any atom is -0.497 e. The summed E-state index contributed by atoms with van der Waals surface area (Å²) in [7, 11) is 3.29. The monoisotopic (exact) mass is 328 g/mol. The molecule has 2 rings (SSSR count). The van der Waals surface area contributed by atoms with E-state index < -0.39 is 5.97 Å². The van der Waals surface area contributed by atoms with E-state index in [0.29, 0.717) is 5.69 Å². The molecule has 0 aliphatic heterocycles. The third-order valence-corrected chi connectivity index (χ3v) is 4.03. The van der Waals surface area contributed by atoms with Crippen molar-refractivity contribution in [2.75, 3.05) is 14.2 Å². The van der Waals surface area contributed by atoms with Crippen LogP contribution >= 0.6 is 0 Å². The van der Waals surface area contributed by atoms with E-state index in [1.807, 2.05) is 31.2 Å². The largest absolute Gasteiger partial charge is 0.497 e. The summed E-state index contributed by atoms with van der Waals surface area (Å²) in [4.78, 5) is 29.3. The van der Waals surface area contributed by atoms with Crippen molar-refractivity contribution in [1.29, 1.82) is 0 Å². The number of methoxy groups -OCH3 is 1. The lowest BCUT2D eigenvalue weighted by molar-refractivity contribution is 0.0690. The van der Waals surface area contributed by atoms with Gasteiger partial charge >= 0.3 is 5.97 Å². The summed E-state index contributed by atoms with van der Waals surface area (Å²) in [6.45, 7) is 3.49. The van der Waals surface area contributed by atoms with Crippen LogP contribution in [0.5, 0.6) is 5.75 Å². The molecule has 0 saturated heterocycles. The zero-order valence-electron chi connectivity index (χ0n) is 14.1. The number of aryl methyl sites for hydroxylation is 1. The highest BCUT2D eigenvalue weighted by atomic mass is 16.5. The van der Waals surface area contributed by atoms with Crippen LogP contribution in [0.15, 0.2) is 36.4 Å². The summed E-state index contributed by atoms with van der Waals surface area (Å²) in [6, 6.07) is 10.2. The molecule has 1 heterocycles. The molecule has 1 N–H and O–H groups in total. The van der Waals surface area contributed by atoms with Crippen molar-refractivity contribution < 1.29 is 19.4 Å². The van der Waals surface area contributed by atoms with Crippen molar-refractivity contribution in [2.24, 2.45) is 0 Å². The van der Waals surface area contributed by atoms with Crippen LogP contribution in [-0.2, 0) is 0 Å². The van der Waals surface area contributed by atoms with Crippen molar-refractivity contribution in [3.63, 3.8) is 0 Å². The Kier molecular flexibility index (Phi) is 5.18. The van der Waals surface area contributed by atoms with Crippen molar-refractivity contribution >= 4 is 11.9 Å². The fourth-order valence-corrected chi connectivity index (χ4v) is 2.37. The highest BCUT2D eigenvalue weighted by Crippen LogP contribution is 2.23. The number of carboxylic acids is 1. The first kappa shape index (κ1) is 17.5. The molecule has 1 atom stereocenters. The van der Waals surface area contributed by atoms with Gasteiger partial charge in [0.05, 0.1) is 24.4 Å². The van der Waals surface area contributed by atoms with E-state index in [1.165, 1.54) is 12.1 Å². The lowest BCUT2D eigenvalue weighted by atomic mass is 10.1. The molecule has 0 aliphatic carbocycles. The van der Waals surface area contributed by atoms with Gasteiger partial charge in [-0.25, -0.2) is 9.78 Å². The molecule has 0 saturated carbocycles. The Morgan fingerprint density at radius 1 is 1.17 bits per heavy atom. The second kappa shape index (κ2) is 7.12. The molecule has 6 nitrogen and oxygen atoms in total. The smallest absolute Gasteiger partial charge is 0.337 e. The van der Waals surface area contributed by atoms with Gasteiger partial charge in [0.1, 0.15) is 11.4 Å². The molecule has 2 aromatic rings. The number of aromatic nitrogens is 1. The van der Waals surface area contributed by atoms with Gasteiger partial charge in [0, 0.05) is 7.05 Å². The highest BCUT2D eigenvalue weighted by molar-refractivity contribution is 5.94. The minimum absolute atomic E-state index is 0.0948. The number of ether oxygens (including phenoxy) is 1. The number of hydrogen-bond donors (Lipinski definition) is 1. The van der Waals surface area contributed by atoms with Crippen LogP contribution in [-0.4, -0.2) is 41.0 Å². The molecular weight excluding hydrogens is 308 g/mol. The van der Waals surface area contributed by atoms with Crippen LogP contribution in [0.1, 0.15) is 45.1 Å². The lowest BCUT2D eigenvalue weighted by Crippen LogP contribution is -2.30. The normalized spacial score (nSPS) is 11.7. The van der Waals surface area contributed by atoms with Crippen LogP contribution in [0, 0.1) is 6.92 Å². The van der Waals surface area contributed by atoms with E-state index in [-0.39, 0.29) is 23.2 Å². The fraction of sp³-hybridized carbons (Fsp3) is 0.278. The molecule has 0 bridgehead atoms. The second-order valence-electron chi connectivity index (χ2n) is 5.50. The first-order valence-electron chi connectivity index (χ1n) is 7.47. The van der Waals surface area contributed by atoms with Gasteiger partial charge < -0.3 is 14.7 Å². The summed E-state index contributed by atoms with van der Waals surface area (Å²) in [5.74, 6) is -0.571. The Morgan fingerprint density at radius 2 is 1.79 bits per heavy atom. The van der Waals surface area contributed by atoms with Crippen molar-refractivity contribution in [2.45, 2.75) is 19.9 Å². The van der Waals surface area contributed by atoms with Gasteiger partial charge in [-0.15, -0.1) is 0 Å². The average Bonchev–Trinajstić information content (AvgIpc) is 2.59. The highest BCUT2D eigenvalue weighted by Gasteiger charge is 2.21. The van der Waals surface area contributed by atoms with Gasteiger partial charge in [-0.3, -0.25) is 4.79 Å². The van der Waals surface area contributed by atoms with Crippen LogP contribution in [0.25, 0.3) is 0 Å². The maximum atomic E-state index is 12.6. The third kappa shape index (κ3) is 3.53. The number of rotatable bonds is 5. The summed E-state index contributed by atoms with van der Waals surface area (Å²) < 4.78 is 5.13. The van der Waals surface area contributed by atoms with Gasteiger partial charge in [-0.1, -0.05) is 12.1 Å². The quantitative estimate of drug-likeness (QED) is 0.913. The SMILES string of the molecule is COc1ccc(C(C)N(C)C(=O)c2ccc(C(=O)O)c(C)n2)cc1. The van der Waals surface area contributed by atoms with Gasteiger partial charge in [0.15, 0.2) is 0 Å². The Bertz CT molecular complexity index is 756. The first-order valence-corrected chi connectivity index (χ1v) is 7.47. The zero-order chi connectivity index (χ0) is 17.9. The molecule has 0 spiro atoms. The first-order chi connectivity index (χ1) is 11.3. The van der Waals surface area contributed by atoms with E-state index in [4.69, 9.17) is 9.84 Å². The number of nitrogens with zero attached hydrogens (tertiary/aromatic N) is 2. The van der Waals surface area contributed by atoms with Crippen molar-refractivity contribution in [1.82, 2.24) is 9.88 Å². The molecule has 0 fully saturated rings. The van der Waals surface area contributed by atoms with E-state index in [2.05, 4.69) is 4.98 Å². The van der Waals surface area contributed by atoms with Crippen LogP contribution in [0.4, 0.5) is 0 Å². The third-order valence-electron chi connectivity index (χ3n) is 4.03. The van der Waals surface area contributed by atoms with Gasteiger partial charge in [-0.2, -0.15) is 0 Å². The second-order valence-corrected chi connectivity index (χ2v) is 5.50. The number of amides is 1. The summed E-state index contributed by atoms with van der Waals surface area (Å²) in [5, 5.41) is 9.04. The number of benzene rings is 1. The van der Waals surface area contributed by atoms with E-state index >= 15 is 0 Å². The lowest BCUT2D eigenvalue weighted by Gasteiger charge is -2.25. The van der Waals surface area contributed by atoms with E-state index in [0.717, 1.165) is 11.3 Å². The Balaban J connectivity index is 2.21. The number of carbonyl (C=O) groups excluding carboxylic acids is 1. The van der Waals surface area contributed by atoms with Crippen LogP contribution in [0.3, 0.4) is 0 Å². The predicted octanol–water partition coefficient (Wildman–Crippen LogP) is 2.93. The Labute approximate surface area is 140 Å². The predicted molar refractivity (Wildman–Crippen MR) is 89.4 cm³/mol. The van der Waals surface area contributed by atoms with Crippen molar-refractivity contribution in [3.8, 4) is 5.75 Å². The topological polar surface area (TPSA) is 79.7 Å². The maximum Gasteiger partial charge on any atom is 0.337 e. The van der Waals surface area contributed by atoms with Crippen molar-refractivity contribution in [3.05, 3.63) is 58.9 Å². The fourth-order valence-electron chi connectivity index (χ4n) is 2.37. The Morgan fingerprint density at radius 3 is 2.29 bits per heavy atom. The molecule has 0 radical (unpaired) electrons. The zero-order valence-corrected chi connectivity index (χ0v) is 14.1. The van der Waals surface area contributed by atoms with E-state index in [1.54, 1.807) is 26.0 Å². The average molecular weight is 328 g/mol. The molecule has 0 aliphatic rings. The molecule has 24 heavy (non-hydrogen) atoms. The van der Waals surface area contributed by atoms with Gasteiger partial charge in [0.2, 0.25) is 0 Å². The van der Waals surface area contributed by atoms with Gasteiger partial charge in [0.25, 0.3) is 5.91 Å². The summed E-state index contributed by atoms with van der Waals surface area (Å²) in [6.07, 6.45) is 0. The minimum atomic E-state index is -1.06. The maximum absolute atomic E-state index is 12.6.